The maximum atomic E-state index is 8.63. The number of hydrogen-bond acceptors (Lipinski definition) is 2. The molecule has 0 saturated heterocycles. The van der Waals surface area contributed by atoms with Crippen LogP contribution < -0.4 is 0 Å². The summed E-state index contributed by atoms with van der Waals surface area (Å²) >= 11 is 0. The fraction of sp³-hybridized carbons (Fsp3) is 0.571. The molecule has 0 aliphatic heterocycles. The van der Waals surface area contributed by atoms with Crippen LogP contribution in [0, 0.1) is 0 Å². The average molecular weight is 140 g/mol. The monoisotopic (exact) mass is 140 g/mol. The van der Waals surface area contributed by atoms with Crippen LogP contribution >= 0.6 is 0 Å². The minimum Gasteiger partial charge on any atom is -0.388 e. The van der Waals surface area contributed by atoms with Gasteiger partial charge in [-0.05, 0) is 6.42 Å². The van der Waals surface area contributed by atoms with E-state index in [9.17, 15) is 0 Å². The molecule has 0 amide bonds. The highest BCUT2D eigenvalue weighted by atomic mass is 16.3. The van der Waals surface area contributed by atoms with E-state index in [-0.39, 0.29) is 6.61 Å². The Morgan fingerprint density at radius 1 is 1.70 bits per heavy atom. The molecular formula is C7H12N2O. The van der Waals surface area contributed by atoms with E-state index in [1.807, 2.05) is 0 Å². The first-order valence-corrected chi connectivity index (χ1v) is 3.50. The summed E-state index contributed by atoms with van der Waals surface area (Å²) in [5, 5.41) is 8.63. The lowest BCUT2D eigenvalue weighted by atomic mass is 10.3. The summed E-state index contributed by atoms with van der Waals surface area (Å²) in [6, 6.07) is 0. The minimum atomic E-state index is 0.00368. The zero-order valence-electron chi connectivity index (χ0n) is 6.09. The standard InChI is InChI=1S/C7H12N2O/c1-2-3-6-4-8-7(5-10)9-6/h4,10H,2-3,5H2,1H3,(H,8,9). The van der Waals surface area contributed by atoms with Crippen LogP contribution in [-0.2, 0) is 13.0 Å². The Balaban J connectivity index is 2.59. The van der Waals surface area contributed by atoms with Crippen LogP contribution in [0.4, 0.5) is 0 Å². The Labute approximate surface area is 60.1 Å². The summed E-state index contributed by atoms with van der Waals surface area (Å²) < 4.78 is 0. The van der Waals surface area contributed by atoms with E-state index in [4.69, 9.17) is 5.11 Å². The van der Waals surface area contributed by atoms with Crippen LogP contribution in [0.25, 0.3) is 0 Å². The van der Waals surface area contributed by atoms with Gasteiger partial charge >= 0.3 is 0 Å². The summed E-state index contributed by atoms with van der Waals surface area (Å²) in [7, 11) is 0. The molecule has 0 spiro atoms. The van der Waals surface area contributed by atoms with E-state index in [0.29, 0.717) is 5.82 Å². The number of nitrogens with zero attached hydrogens (tertiary/aromatic N) is 1. The lowest BCUT2D eigenvalue weighted by Crippen LogP contribution is -1.86. The second-order valence-electron chi connectivity index (χ2n) is 2.26. The fourth-order valence-electron chi connectivity index (χ4n) is 0.882. The Morgan fingerprint density at radius 2 is 2.50 bits per heavy atom. The summed E-state index contributed by atoms with van der Waals surface area (Å²) in [6.45, 7) is 2.11. The maximum absolute atomic E-state index is 8.63. The highest BCUT2D eigenvalue weighted by molar-refractivity contribution is 5.00. The van der Waals surface area contributed by atoms with Crippen molar-refractivity contribution in [2.45, 2.75) is 26.4 Å². The van der Waals surface area contributed by atoms with E-state index in [0.717, 1.165) is 18.5 Å². The third-order valence-electron chi connectivity index (χ3n) is 1.35. The number of rotatable bonds is 3. The van der Waals surface area contributed by atoms with Crippen LogP contribution in [0.3, 0.4) is 0 Å². The molecule has 56 valence electrons. The Hall–Kier alpha value is -0.830. The molecule has 0 radical (unpaired) electrons. The first kappa shape index (κ1) is 7.28. The van der Waals surface area contributed by atoms with Crippen molar-refractivity contribution < 1.29 is 5.11 Å². The predicted molar refractivity (Wildman–Crippen MR) is 38.5 cm³/mol. The van der Waals surface area contributed by atoms with Gasteiger partial charge in [-0.15, -0.1) is 0 Å². The molecule has 0 fully saturated rings. The van der Waals surface area contributed by atoms with Crippen molar-refractivity contribution in [3.8, 4) is 0 Å². The molecule has 1 rings (SSSR count). The number of aryl methyl sites for hydroxylation is 1. The molecule has 0 aromatic carbocycles. The fourth-order valence-corrected chi connectivity index (χ4v) is 0.882. The van der Waals surface area contributed by atoms with Crippen molar-refractivity contribution in [2.24, 2.45) is 0 Å². The molecule has 0 bridgehead atoms. The van der Waals surface area contributed by atoms with E-state index < -0.39 is 0 Å². The SMILES string of the molecule is CCCc1cnc(CO)[nH]1. The summed E-state index contributed by atoms with van der Waals surface area (Å²) in [5.41, 5.74) is 1.10. The van der Waals surface area contributed by atoms with Crippen LogP contribution in [0.2, 0.25) is 0 Å². The highest BCUT2D eigenvalue weighted by Crippen LogP contribution is 1.99. The first-order chi connectivity index (χ1) is 4.86. The second-order valence-corrected chi connectivity index (χ2v) is 2.26. The number of aliphatic hydroxyl groups is 1. The average Bonchev–Trinajstić information content (AvgIpc) is 2.37. The van der Waals surface area contributed by atoms with Crippen molar-refractivity contribution in [3.63, 3.8) is 0 Å². The van der Waals surface area contributed by atoms with Gasteiger partial charge in [0.15, 0.2) is 0 Å². The Morgan fingerprint density at radius 3 is 3.00 bits per heavy atom. The lowest BCUT2D eigenvalue weighted by molar-refractivity contribution is 0.272. The normalized spacial score (nSPS) is 10.2. The number of imidazole rings is 1. The molecule has 3 nitrogen and oxygen atoms in total. The zero-order valence-corrected chi connectivity index (χ0v) is 6.09. The molecule has 2 N–H and O–H groups in total. The topological polar surface area (TPSA) is 48.9 Å². The molecule has 0 atom stereocenters. The van der Waals surface area contributed by atoms with Crippen LogP contribution in [0.5, 0.6) is 0 Å². The molecule has 1 aromatic heterocycles. The number of aliphatic hydroxyl groups excluding tert-OH is 1. The molecule has 1 heterocycles. The van der Waals surface area contributed by atoms with Gasteiger partial charge in [0, 0.05) is 11.9 Å². The first-order valence-electron chi connectivity index (χ1n) is 3.50. The van der Waals surface area contributed by atoms with Gasteiger partial charge in [-0.25, -0.2) is 4.98 Å². The Bertz CT molecular complexity index is 195. The smallest absolute Gasteiger partial charge is 0.132 e. The van der Waals surface area contributed by atoms with Gasteiger partial charge in [0.1, 0.15) is 12.4 Å². The Kier molecular flexibility index (Phi) is 2.45. The molecule has 0 unspecified atom stereocenters. The highest BCUT2D eigenvalue weighted by Gasteiger charge is 1.95. The van der Waals surface area contributed by atoms with Gasteiger partial charge in [-0.3, -0.25) is 0 Å². The van der Waals surface area contributed by atoms with Crippen molar-refractivity contribution in [3.05, 3.63) is 17.7 Å². The van der Waals surface area contributed by atoms with Gasteiger partial charge in [-0.2, -0.15) is 0 Å². The third kappa shape index (κ3) is 1.57. The molecular weight excluding hydrogens is 128 g/mol. The summed E-state index contributed by atoms with van der Waals surface area (Å²) in [6.07, 6.45) is 3.88. The van der Waals surface area contributed by atoms with Gasteiger partial charge in [0.2, 0.25) is 0 Å². The molecule has 10 heavy (non-hydrogen) atoms. The number of H-pyrrole nitrogens is 1. The third-order valence-corrected chi connectivity index (χ3v) is 1.35. The molecule has 3 heteroatoms. The second kappa shape index (κ2) is 3.37. The maximum Gasteiger partial charge on any atom is 0.132 e. The molecule has 0 aliphatic rings. The summed E-state index contributed by atoms with van der Waals surface area (Å²) in [5.74, 6) is 0.656. The number of aromatic amines is 1. The number of hydrogen-bond donors (Lipinski definition) is 2. The van der Waals surface area contributed by atoms with E-state index in [1.165, 1.54) is 0 Å². The summed E-state index contributed by atoms with van der Waals surface area (Å²) in [4.78, 5) is 6.95. The van der Waals surface area contributed by atoms with Crippen molar-refractivity contribution in [1.82, 2.24) is 9.97 Å². The quantitative estimate of drug-likeness (QED) is 0.654. The largest absolute Gasteiger partial charge is 0.388 e. The number of aromatic nitrogens is 2. The van der Waals surface area contributed by atoms with Crippen LogP contribution in [0.15, 0.2) is 6.20 Å². The van der Waals surface area contributed by atoms with E-state index in [1.54, 1.807) is 6.20 Å². The van der Waals surface area contributed by atoms with Gasteiger partial charge in [-0.1, -0.05) is 13.3 Å². The van der Waals surface area contributed by atoms with Gasteiger partial charge in [0.25, 0.3) is 0 Å². The van der Waals surface area contributed by atoms with Crippen molar-refractivity contribution in [1.29, 1.82) is 0 Å². The molecule has 0 aliphatic carbocycles. The van der Waals surface area contributed by atoms with Crippen molar-refractivity contribution in [2.75, 3.05) is 0 Å². The van der Waals surface area contributed by atoms with Gasteiger partial charge in [0.05, 0.1) is 0 Å². The van der Waals surface area contributed by atoms with Gasteiger partial charge < -0.3 is 10.1 Å². The minimum absolute atomic E-state index is 0.00368. The van der Waals surface area contributed by atoms with Crippen LogP contribution in [-0.4, -0.2) is 15.1 Å². The van der Waals surface area contributed by atoms with E-state index >= 15 is 0 Å². The van der Waals surface area contributed by atoms with Crippen LogP contribution in [0.1, 0.15) is 24.9 Å². The molecule has 0 saturated carbocycles. The molecule has 1 aromatic rings. The number of nitrogens with one attached hydrogen (secondary N) is 1. The lowest BCUT2D eigenvalue weighted by Gasteiger charge is -1.89. The van der Waals surface area contributed by atoms with E-state index in [2.05, 4.69) is 16.9 Å². The zero-order chi connectivity index (χ0) is 7.40. The predicted octanol–water partition coefficient (Wildman–Crippen LogP) is 0.855. The van der Waals surface area contributed by atoms with Crippen molar-refractivity contribution >= 4 is 0 Å².